The number of unbranched alkanes of at least 4 members (excludes halogenated alkanes) is 3. The summed E-state index contributed by atoms with van der Waals surface area (Å²) in [5.74, 6) is 0.801. The van der Waals surface area contributed by atoms with E-state index in [1.807, 2.05) is 31.2 Å². The molecule has 1 aliphatic rings. The maximum Gasteiger partial charge on any atom is 0.303 e. The Morgan fingerprint density at radius 2 is 1.71 bits per heavy atom. The second kappa shape index (κ2) is 10.8. The highest BCUT2D eigenvalue weighted by Crippen LogP contribution is 2.39. The second-order valence-electron chi connectivity index (χ2n) is 8.96. The molecule has 1 atom stereocenters. The van der Waals surface area contributed by atoms with Gasteiger partial charge in [0.15, 0.2) is 5.82 Å². The molecule has 0 saturated heterocycles. The third kappa shape index (κ3) is 5.54. The zero-order valence-electron chi connectivity index (χ0n) is 20.2. The molecule has 1 aliphatic heterocycles. The second-order valence-corrected chi connectivity index (χ2v) is 10.6. The Balaban J connectivity index is 1.63. The zero-order valence-corrected chi connectivity index (χ0v) is 21.7. The number of nitrogens with zero attached hydrogens (tertiary/aromatic N) is 4. The summed E-state index contributed by atoms with van der Waals surface area (Å²) < 4.78 is 2.05. The number of aliphatic imine (C=N–C) groups is 1. The number of hydrogen-bond acceptors (Lipinski definition) is 6. The normalized spacial score (nSPS) is 14.7. The van der Waals surface area contributed by atoms with Gasteiger partial charge >= 0.3 is 5.97 Å². The summed E-state index contributed by atoms with van der Waals surface area (Å²) in [7, 11) is 0. The standard InChI is InChI=1S/C26H29ClN4O3S/c1-15-16(2)35-26-23(15)24(18-10-12-19(27)13-11-18)28-21(25-30-29-17(3)31(25)26)14-20(32)8-6-4-5-7-9-22(33)34/h10-13,21H,4-9,14H2,1-3H3,(H,33,34)/t21-/m0/s1. The molecule has 0 spiro atoms. The fraction of sp³-hybridized carbons (Fsp3) is 0.423. The summed E-state index contributed by atoms with van der Waals surface area (Å²) in [6, 6.07) is 7.20. The van der Waals surface area contributed by atoms with E-state index >= 15 is 0 Å². The van der Waals surface area contributed by atoms with E-state index in [2.05, 4.69) is 28.6 Å². The predicted octanol–water partition coefficient (Wildman–Crippen LogP) is 6.18. The Hall–Kier alpha value is -2.84. The van der Waals surface area contributed by atoms with Crippen molar-refractivity contribution in [1.82, 2.24) is 14.8 Å². The number of aryl methyl sites for hydroxylation is 2. The molecule has 3 aromatic rings. The molecule has 0 amide bonds. The molecule has 0 fully saturated rings. The van der Waals surface area contributed by atoms with Crippen LogP contribution in [0.25, 0.3) is 5.00 Å². The summed E-state index contributed by atoms with van der Waals surface area (Å²) in [4.78, 5) is 30.0. The van der Waals surface area contributed by atoms with E-state index in [0.717, 1.165) is 52.5 Å². The van der Waals surface area contributed by atoms with Crippen LogP contribution in [0.2, 0.25) is 5.02 Å². The topological polar surface area (TPSA) is 97.4 Å². The van der Waals surface area contributed by atoms with Gasteiger partial charge in [0.2, 0.25) is 0 Å². The minimum atomic E-state index is -0.776. The van der Waals surface area contributed by atoms with Crippen molar-refractivity contribution in [3.8, 4) is 5.00 Å². The highest BCUT2D eigenvalue weighted by Gasteiger charge is 2.32. The number of benzene rings is 1. The largest absolute Gasteiger partial charge is 0.481 e. The van der Waals surface area contributed by atoms with Crippen LogP contribution in [-0.4, -0.2) is 37.3 Å². The lowest BCUT2D eigenvalue weighted by Crippen LogP contribution is -2.11. The van der Waals surface area contributed by atoms with Crippen LogP contribution in [0.1, 0.15) is 84.2 Å². The van der Waals surface area contributed by atoms with Crippen molar-refractivity contribution in [2.24, 2.45) is 4.99 Å². The van der Waals surface area contributed by atoms with Gasteiger partial charge in [-0.2, -0.15) is 0 Å². The molecule has 1 N–H and O–H groups in total. The number of carbonyl (C=O) groups excluding carboxylic acids is 1. The van der Waals surface area contributed by atoms with Crippen LogP contribution in [0, 0.1) is 20.8 Å². The third-order valence-electron chi connectivity index (χ3n) is 6.37. The molecule has 9 heteroatoms. The summed E-state index contributed by atoms with van der Waals surface area (Å²) in [6.45, 7) is 6.13. The van der Waals surface area contributed by atoms with Gasteiger partial charge in [-0.15, -0.1) is 21.5 Å². The lowest BCUT2D eigenvalue weighted by atomic mass is 9.99. The fourth-order valence-electron chi connectivity index (χ4n) is 4.40. The van der Waals surface area contributed by atoms with Crippen molar-refractivity contribution in [3.63, 3.8) is 0 Å². The molecule has 35 heavy (non-hydrogen) atoms. The summed E-state index contributed by atoms with van der Waals surface area (Å²) in [6.07, 6.45) is 3.92. The van der Waals surface area contributed by atoms with Gasteiger partial charge < -0.3 is 5.11 Å². The Kier molecular flexibility index (Phi) is 7.82. The predicted molar refractivity (Wildman–Crippen MR) is 138 cm³/mol. The van der Waals surface area contributed by atoms with Crippen molar-refractivity contribution in [2.45, 2.75) is 71.8 Å². The molecule has 1 aromatic carbocycles. The maximum absolute atomic E-state index is 13.0. The van der Waals surface area contributed by atoms with E-state index in [1.165, 1.54) is 4.88 Å². The first-order valence-electron chi connectivity index (χ1n) is 11.9. The molecular formula is C26H29ClN4O3S. The average Bonchev–Trinajstić information content (AvgIpc) is 3.29. The summed E-state index contributed by atoms with van der Waals surface area (Å²) >= 11 is 7.84. The number of ketones is 1. The number of Topliss-reactive ketones (excluding diaryl/α,β-unsaturated/α-hetero) is 1. The minimum Gasteiger partial charge on any atom is -0.481 e. The van der Waals surface area contributed by atoms with Crippen LogP contribution < -0.4 is 0 Å². The van der Waals surface area contributed by atoms with Gasteiger partial charge in [0.1, 0.15) is 22.7 Å². The van der Waals surface area contributed by atoms with Crippen molar-refractivity contribution in [1.29, 1.82) is 0 Å². The van der Waals surface area contributed by atoms with E-state index in [-0.39, 0.29) is 18.6 Å². The smallest absolute Gasteiger partial charge is 0.303 e. The average molecular weight is 513 g/mol. The van der Waals surface area contributed by atoms with E-state index in [4.69, 9.17) is 21.7 Å². The lowest BCUT2D eigenvalue weighted by molar-refractivity contribution is -0.137. The number of carbonyl (C=O) groups is 2. The van der Waals surface area contributed by atoms with Gasteiger partial charge in [-0.3, -0.25) is 19.1 Å². The van der Waals surface area contributed by atoms with Gasteiger partial charge in [-0.25, -0.2) is 0 Å². The Morgan fingerprint density at radius 3 is 2.40 bits per heavy atom. The molecule has 0 aliphatic carbocycles. The first-order valence-corrected chi connectivity index (χ1v) is 13.1. The maximum atomic E-state index is 13.0. The number of halogens is 1. The molecule has 3 heterocycles. The van der Waals surface area contributed by atoms with Crippen LogP contribution >= 0.6 is 22.9 Å². The van der Waals surface area contributed by atoms with Crippen LogP contribution in [0.4, 0.5) is 0 Å². The minimum absolute atomic E-state index is 0.123. The van der Waals surface area contributed by atoms with Crippen molar-refractivity contribution < 1.29 is 14.7 Å². The van der Waals surface area contributed by atoms with Crippen molar-refractivity contribution in [2.75, 3.05) is 0 Å². The van der Waals surface area contributed by atoms with E-state index in [1.54, 1.807) is 11.3 Å². The number of aliphatic carboxylic acids is 1. The highest BCUT2D eigenvalue weighted by molar-refractivity contribution is 7.15. The Labute approximate surface area is 213 Å². The molecule has 7 nitrogen and oxygen atoms in total. The highest BCUT2D eigenvalue weighted by atomic mass is 35.5. The number of rotatable bonds is 10. The number of carboxylic acid groups (broad SMARTS) is 1. The zero-order chi connectivity index (χ0) is 25.1. The van der Waals surface area contributed by atoms with Crippen LogP contribution in [0.15, 0.2) is 29.3 Å². The Morgan fingerprint density at radius 1 is 1.03 bits per heavy atom. The van der Waals surface area contributed by atoms with Crippen LogP contribution in [0.5, 0.6) is 0 Å². The van der Waals surface area contributed by atoms with Crippen molar-refractivity contribution >= 4 is 40.4 Å². The first kappa shape index (κ1) is 25.3. The molecule has 4 rings (SSSR count). The number of hydrogen-bond donors (Lipinski definition) is 1. The third-order valence-corrected chi connectivity index (χ3v) is 7.82. The lowest BCUT2D eigenvalue weighted by Gasteiger charge is -2.12. The van der Waals surface area contributed by atoms with Gasteiger partial charge in [-0.05, 0) is 51.3 Å². The molecule has 0 bridgehead atoms. The molecule has 0 radical (unpaired) electrons. The summed E-state index contributed by atoms with van der Waals surface area (Å²) in [5, 5.41) is 19.2. The van der Waals surface area contributed by atoms with E-state index in [0.29, 0.717) is 23.7 Å². The van der Waals surface area contributed by atoms with Crippen LogP contribution in [0.3, 0.4) is 0 Å². The van der Waals surface area contributed by atoms with Crippen LogP contribution in [-0.2, 0) is 9.59 Å². The van der Waals surface area contributed by atoms with Gasteiger partial charge in [0.25, 0.3) is 0 Å². The van der Waals surface area contributed by atoms with E-state index in [9.17, 15) is 9.59 Å². The quantitative estimate of drug-likeness (QED) is 0.327. The molecular weight excluding hydrogens is 484 g/mol. The molecule has 0 saturated carbocycles. The molecule has 2 aromatic heterocycles. The van der Waals surface area contributed by atoms with Gasteiger partial charge in [-0.1, -0.05) is 36.6 Å². The van der Waals surface area contributed by atoms with E-state index < -0.39 is 12.0 Å². The Bertz CT molecular complexity index is 1280. The number of carboxylic acids is 1. The first-order chi connectivity index (χ1) is 16.8. The fourth-order valence-corrected chi connectivity index (χ4v) is 5.74. The number of thiophene rings is 1. The monoisotopic (exact) mass is 512 g/mol. The van der Waals surface area contributed by atoms with Gasteiger partial charge in [0, 0.05) is 40.3 Å². The SMILES string of the molecule is Cc1sc2c(c1C)C(c1ccc(Cl)cc1)=N[C@@H](CC(=O)CCCCCCC(=O)O)c1nnc(C)n1-2. The number of aromatic nitrogens is 3. The number of fused-ring (bicyclic) bond motifs is 3. The van der Waals surface area contributed by atoms with Crippen molar-refractivity contribution in [3.05, 3.63) is 62.5 Å². The van der Waals surface area contributed by atoms with Gasteiger partial charge in [0.05, 0.1) is 5.71 Å². The summed E-state index contributed by atoms with van der Waals surface area (Å²) in [5.41, 5.74) is 4.00. The molecule has 184 valence electrons. The molecule has 0 unspecified atom stereocenters.